The number of pyridine rings is 1. The number of nitrogens with zero attached hydrogens (tertiary/aromatic N) is 2. The molecule has 0 saturated carbocycles. The Balaban J connectivity index is 0.000000531. The first-order valence-electron chi connectivity index (χ1n) is 5.29. The molecule has 2 rings (SSSR count). The average Bonchev–Trinajstić information content (AvgIpc) is 2.23. The van der Waals surface area contributed by atoms with Crippen LogP contribution in [0.2, 0.25) is 0 Å². The molecule has 0 aromatic carbocycles. The highest BCUT2D eigenvalue weighted by Gasteiger charge is 2.22. The van der Waals surface area contributed by atoms with Crippen molar-refractivity contribution in [2.75, 3.05) is 24.2 Å². The van der Waals surface area contributed by atoms with Crippen LogP contribution in [-0.2, 0) is 0 Å². The summed E-state index contributed by atoms with van der Waals surface area (Å²) in [6.07, 6.45) is 3.57. The number of anilines is 2. The van der Waals surface area contributed by atoms with Gasteiger partial charge in [-0.05, 0) is 6.92 Å². The molecule has 0 radical (unpaired) electrons. The largest absolute Gasteiger partial charge is 0.484 e. The van der Waals surface area contributed by atoms with E-state index in [-0.39, 0.29) is 6.10 Å². The summed E-state index contributed by atoms with van der Waals surface area (Å²) >= 11 is 0. The third kappa shape index (κ3) is 2.32. The van der Waals surface area contributed by atoms with Gasteiger partial charge in [0, 0.05) is 7.05 Å². The van der Waals surface area contributed by atoms with Crippen molar-refractivity contribution in [2.45, 2.75) is 26.9 Å². The van der Waals surface area contributed by atoms with E-state index in [0.29, 0.717) is 5.69 Å². The fourth-order valence-corrected chi connectivity index (χ4v) is 1.58. The van der Waals surface area contributed by atoms with Gasteiger partial charge in [-0.2, -0.15) is 0 Å². The Kier molecular flexibility index (Phi) is 3.77. The van der Waals surface area contributed by atoms with Crippen molar-refractivity contribution in [2.24, 2.45) is 0 Å². The maximum Gasteiger partial charge on any atom is 0.169 e. The lowest BCUT2D eigenvalue weighted by Crippen LogP contribution is -2.36. The Bertz CT molecular complexity index is 328. The second-order valence-electron chi connectivity index (χ2n) is 3.39. The van der Waals surface area contributed by atoms with E-state index in [9.17, 15) is 0 Å². The molecule has 0 aliphatic carbocycles. The van der Waals surface area contributed by atoms with Crippen molar-refractivity contribution in [3.8, 4) is 5.75 Å². The summed E-state index contributed by atoms with van der Waals surface area (Å²) in [7, 11) is 2.01. The zero-order chi connectivity index (χ0) is 11.4. The van der Waals surface area contributed by atoms with Gasteiger partial charge in [-0.3, -0.25) is 4.98 Å². The van der Waals surface area contributed by atoms with E-state index in [1.54, 1.807) is 12.4 Å². The molecule has 0 saturated heterocycles. The van der Waals surface area contributed by atoms with Crippen molar-refractivity contribution in [3.63, 3.8) is 0 Å². The number of hydrogen-bond donors (Lipinski definition) is 1. The van der Waals surface area contributed by atoms with Crippen LogP contribution in [0.15, 0.2) is 12.4 Å². The van der Waals surface area contributed by atoms with Crippen LogP contribution in [0.5, 0.6) is 5.75 Å². The second-order valence-corrected chi connectivity index (χ2v) is 3.39. The van der Waals surface area contributed by atoms with Crippen LogP contribution in [0.1, 0.15) is 20.8 Å². The Morgan fingerprint density at radius 3 is 2.80 bits per heavy atom. The molecule has 1 atom stereocenters. The summed E-state index contributed by atoms with van der Waals surface area (Å²) in [5, 5.41) is 0. The number of nitrogens with two attached hydrogens (primary N) is 1. The minimum Gasteiger partial charge on any atom is -0.484 e. The number of rotatable bonds is 0. The van der Waals surface area contributed by atoms with Gasteiger partial charge >= 0.3 is 0 Å². The molecule has 4 nitrogen and oxygen atoms in total. The summed E-state index contributed by atoms with van der Waals surface area (Å²) in [4.78, 5) is 6.13. The van der Waals surface area contributed by atoms with Crippen molar-refractivity contribution >= 4 is 11.4 Å². The predicted octanol–water partition coefficient (Wildman–Crippen LogP) is 1.91. The first kappa shape index (κ1) is 11.6. The van der Waals surface area contributed by atoms with E-state index in [2.05, 4.69) is 9.88 Å². The third-order valence-electron chi connectivity index (χ3n) is 2.17. The van der Waals surface area contributed by atoms with Gasteiger partial charge in [-0.15, -0.1) is 0 Å². The summed E-state index contributed by atoms with van der Waals surface area (Å²) in [6.45, 7) is 6.90. The van der Waals surface area contributed by atoms with Crippen LogP contribution in [-0.4, -0.2) is 24.7 Å². The number of fused-ring (bicyclic) bond motifs is 1. The number of nitrogen functional groups attached to an aromatic ring is 1. The lowest BCUT2D eigenvalue weighted by Gasteiger charge is -2.32. The molecule has 0 fully saturated rings. The van der Waals surface area contributed by atoms with Crippen LogP contribution < -0.4 is 15.4 Å². The molecule has 2 heterocycles. The Morgan fingerprint density at radius 2 is 2.13 bits per heavy atom. The molecule has 0 spiro atoms. The minimum absolute atomic E-state index is 0.183. The van der Waals surface area contributed by atoms with Gasteiger partial charge in [0.1, 0.15) is 11.8 Å². The Morgan fingerprint density at radius 1 is 1.47 bits per heavy atom. The van der Waals surface area contributed by atoms with Gasteiger partial charge in [0.05, 0.1) is 24.6 Å². The van der Waals surface area contributed by atoms with Crippen LogP contribution in [0.3, 0.4) is 0 Å². The monoisotopic (exact) mass is 209 g/mol. The number of hydrogen-bond acceptors (Lipinski definition) is 4. The maximum absolute atomic E-state index is 5.75. The molecular weight excluding hydrogens is 190 g/mol. The van der Waals surface area contributed by atoms with Crippen molar-refractivity contribution in [3.05, 3.63) is 12.4 Å². The predicted molar refractivity (Wildman–Crippen MR) is 63.4 cm³/mol. The van der Waals surface area contributed by atoms with E-state index in [1.165, 1.54) is 0 Å². The maximum atomic E-state index is 5.75. The molecule has 4 heteroatoms. The van der Waals surface area contributed by atoms with E-state index in [0.717, 1.165) is 18.0 Å². The fraction of sp³-hybridized carbons (Fsp3) is 0.545. The van der Waals surface area contributed by atoms with Gasteiger partial charge in [0.2, 0.25) is 0 Å². The average molecular weight is 209 g/mol. The summed E-state index contributed by atoms with van der Waals surface area (Å²) in [5.41, 5.74) is 7.33. The highest BCUT2D eigenvalue weighted by Crippen LogP contribution is 2.36. The fourth-order valence-electron chi connectivity index (χ4n) is 1.58. The topological polar surface area (TPSA) is 51.4 Å². The van der Waals surface area contributed by atoms with E-state index in [4.69, 9.17) is 10.5 Å². The Hall–Kier alpha value is -1.45. The highest BCUT2D eigenvalue weighted by atomic mass is 16.5. The third-order valence-corrected chi connectivity index (χ3v) is 2.17. The molecule has 0 amide bonds. The molecule has 1 aromatic heterocycles. The van der Waals surface area contributed by atoms with Crippen LogP contribution in [0.25, 0.3) is 0 Å². The SMILES string of the molecule is CC.CC1CN(C)c2cncc(N)c2O1. The number of ether oxygens (including phenoxy) is 1. The van der Waals surface area contributed by atoms with E-state index in [1.807, 2.05) is 27.8 Å². The summed E-state index contributed by atoms with van der Waals surface area (Å²) < 4.78 is 5.63. The first-order valence-corrected chi connectivity index (χ1v) is 5.29. The van der Waals surface area contributed by atoms with Gasteiger partial charge < -0.3 is 15.4 Å². The normalized spacial score (nSPS) is 18.4. The lowest BCUT2D eigenvalue weighted by molar-refractivity contribution is 0.216. The zero-order valence-corrected chi connectivity index (χ0v) is 9.82. The molecule has 2 N–H and O–H groups in total. The van der Waals surface area contributed by atoms with Crippen molar-refractivity contribution in [1.82, 2.24) is 4.98 Å². The van der Waals surface area contributed by atoms with Crippen molar-refractivity contribution in [1.29, 1.82) is 0 Å². The van der Waals surface area contributed by atoms with E-state index >= 15 is 0 Å². The zero-order valence-electron chi connectivity index (χ0n) is 9.82. The van der Waals surface area contributed by atoms with Crippen molar-refractivity contribution < 1.29 is 4.74 Å². The molecule has 1 unspecified atom stereocenters. The molecule has 84 valence electrons. The number of aromatic nitrogens is 1. The molecule has 1 aromatic rings. The molecular formula is C11H19N3O. The number of likely N-dealkylation sites (N-methyl/N-ethyl adjacent to an activating group) is 1. The van der Waals surface area contributed by atoms with Gasteiger partial charge in [-0.1, -0.05) is 13.8 Å². The summed E-state index contributed by atoms with van der Waals surface area (Å²) in [6, 6.07) is 0. The van der Waals surface area contributed by atoms with Gasteiger partial charge in [-0.25, -0.2) is 0 Å². The molecule has 1 aliphatic rings. The van der Waals surface area contributed by atoms with Gasteiger partial charge in [0.25, 0.3) is 0 Å². The Labute approximate surface area is 91.1 Å². The van der Waals surface area contributed by atoms with E-state index < -0.39 is 0 Å². The van der Waals surface area contributed by atoms with Crippen LogP contribution in [0.4, 0.5) is 11.4 Å². The molecule has 0 bridgehead atoms. The lowest BCUT2D eigenvalue weighted by atomic mass is 10.2. The standard InChI is InChI=1S/C9H13N3O.C2H6/c1-6-5-12(2)8-4-11-3-7(10)9(8)13-6;1-2/h3-4,6H,5,10H2,1-2H3;1-2H3. The quantitative estimate of drug-likeness (QED) is 0.709. The van der Waals surface area contributed by atoms with Crippen LogP contribution >= 0.6 is 0 Å². The minimum atomic E-state index is 0.183. The highest BCUT2D eigenvalue weighted by molar-refractivity contribution is 5.69. The first-order chi connectivity index (χ1) is 7.18. The van der Waals surface area contributed by atoms with Crippen LogP contribution in [0, 0.1) is 0 Å². The van der Waals surface area contributed by atoms with Gasteiger partial charge in [0.15, 0.2) is 5.75 Å². The smallest absolute Gasteiger partial charge is 0.169 e. The molecule has 1 aliphatic heterocycles. The summed E-state index contributed by atoms with van der Waals surface area (Å²) in [5.74, 6) is 0.760. The second kappa shape index (κ2) is 4.87. The molecule has 15 heavy (non-hydrogen) atoms.